The molecule has 0 bridgehead atoms. The summed E-state index contributed by atoms with van der Waals surface area (Å²) in [7, 11) is 0. The molecule has 0 saturated carbocycles. The van der Waals surface area contributed by atoms with Crippen LogP contribution in [0.1, 0.15) is 21.6 Å². The highest BCUT2D eigenvalue weighted by molar-refractivity contribution is 7.07. The van der Waals surface area contributed by atoms with Crippen molar-refractivity contribution >= 4 is 23.1 Å². The number of benzene rings is 1. The van der Waals surface area contributed by atoms with Crippen LogP contribution in [0.5, 0.6) is 0 Å². The summed E-state index contributed by atoms with van der Waals surface area (Å²) in [4.78, 5) is 15.9. The van der Waals surface area contributed by atoms with Gasteiger partial charge >= 0.3 is 0 Å². The second-order valence-corrected chi connectivity index (χ2v) is 4.44. The summed E-state index contributed by atoms with van der Waals surface area (Å²) < 4.78 is 0. The van der Waals surface area contributed by atoms with E-state index >= 15 is 0 Å². The van der Waals surface area contributed by atoms with E-state index in [9.17, 15) is 4.79 Å². The van der Waals surface area contributed by atoms with Crippen molar-refractivity contribution in [3.8, 4) is 0 Å². The first-order valence-corrected chi connectivity index (χ1v) is 6.38. The molecular formula is C12H12N4O2S. The van der Waals surface area contributed by atoms with Crippen LogP contribution in [-0.4, -0.2) is 21.9 Å². The smallest absolute Gasteiger partial charge is 0.251 e. The molecule has 0 unspecified atom stereocenters. The van der Waals surface area contributed by atoms with Crippen molar-refractivity contribution in [1.29, 1.82) is 0 Å². The summed E-state index contributed by atoms with van der Waals surface area (Å²) in [6, 6.07) is 6.47. The number of thiazole rings is 1. The molecule has 0 spiro atoms. The number of rotatable bonds is 4. The molecule has 0 fully saturated rings. The van der Waals surface area contributed by atoms with E-state index in [4.69, 9.17) is 10.9 Å². The number of hydrogen-bond acceptors (Lipinski definition) is 5. The summed E-state index contributed by atoms with van der Waals surface area (Å²) in [5.41, 5.74) is 9.04. The van der Waals surface area contributed by atoms with Gasteiger partial charge in [-0.3, -0.25) is 4.79 Å². The molecule has 0 aliphatic heterocycles. The van der Waals surface area contributed by atoms with E-state index in [1.54, 1.807) is 29.8 Å². The highest BCUT2D eigenvalue weighted by Crippen LogP contribution is 2.05. The molecule has 2 aromatic rings. The van der Waals surface area contributed by atoms with Gasteiger partial charge in [0.15, 0.2) is 5.84 Å². The van der Waals surface area contributed by atoms with Crippen LogP contribution in [0.2, 0.25) is 0 Å². The quantitative estimate of drug-likeness (QED) is 0.338. The molecule has 0 aliphatic rings. The number of carbonyl (C=O) groups is 1. The fraction of sp³-hybridized carbons (Fsp3) is 0.0833. The predicted molar refractivity (Wildman–Crippen MR) is 72.2 cm³/mol. The molecule has 0 saturated heterocycles. The van der Waals surface area contributed by atoms with Gasteiger partial charge in [0.25, 0.3) is 5.91 Å². The van der Waals surface area contributed by atoms with Crippen molar-refractivity contribution in [1.82, 2.24) is 10.3 Å². The highest BCUT2D eigenvalue weighted by Gasteiger charge is 2.06. The van der Waals surface area contributed by atoms with Crippen LogP contribution >= 0.6 is 11.3 Å². The average Bonchev–Trinajstić information content (AvgIpc) is 2.97. The molecule has 1 heterocycles. The highest BCUT2D eigenvalue weighted by atomic mass is 32.1. The number of amidine groups is 1. The number of oxime groups is 1. The fourth-order valence-electron chi connectivity index (χ4n) is 1.45. The summed E-state index contributed by atoms with van der Waals surface area (Å²) in [6.07, 6.45) is 0. The number of hydrogen-bond donors (Lipinski definition) is 3. The third-order valence-corrected chi connectivity index (χ3v) is 3.10. The SMILES string of the molecule is NC(=NO)c1ccc(C(=O)NCc2cscn2)cc1. The van der Waals surface area contributed by atoms with Crippen LogP contribution in [0.15, 0.2) is 40.3 Å². The molecular weight excluding hydrogens is 264 g/mol. The van der Waals surface area contributed by atoms with Crippen LogP contribution in [-0.2, 0) is 6.54 Å². The lowest BCUT2D eigenvalue weighted by atomic mass is 10.1. The average molecular weight is 276 g/mol. The molecule has 98 valence electrons. The zero-order valence-electron chi connectivity index (χ0n) is 9.91. The second-order valence-electron chi connectivity index (χ2n) is 3.73. The van der Waals surface area contributed by atoms with E-state index < -0.39 is 0 Å². The molecule has 0 radical (unpaired) electrons. The third kappa shape index (κ3) is 3.29. The first-order chi connectivity index (χ1) is 9.20. The second kappa shape index (κ2) is 5.96. The standard InChI is InChI=1S/C12H12N4O2S/c13-11(16-18)8-1-3-9(4-2-8)12(17)14-5-10-6-19-7-15-10/h1-4,6-7,18H,5H2,(H2,13,16)(H,14,17). The summed E-state index contributed by atoms with van der Waals surface area (Å²) in [5.74, 6) is -0.187. The topological polar surface area (TPSA) is 101 Å². The Labute approximate surface area is 113 Å². The lowest BCUT2D eigenvalue weighted by molar-refractivity contribution is 0.0950. The van der Waals surface area contributed by atoms with Crippen molar-refractivity contribution in [2.24, 2.45) is 10.9 Å². The number of nitrogens with one attached hydrogen (secondary N) is 1. The Morgan fingerprint density at radius 1 is 1.37 bits per heavy atom. The van der Waals surface area contributed by atoms with E-state index in [-0.39, 0.29) is 11.7 Å². The van der Waals surface area contributed by atoms with Gasteiger partial charge in [-0.25, -0.2) is 4.98 Å². The third-order valence-electron chi connectivity index (χ3n) is 2.46. The van der Waals surface area contributed by atoms with Gasteiger partial charge in [-0.2, -0.15) is 0 Å². The maximum absolute atomic E-state index is 11.8. The number of nitrogens with zero attached hydrogens (tertiary/aromatic N) is 2. The first kappa shape index (κ1) is 13.0. The van der Waals surface area contributed by atoms with Crippen molar-refractivity contribution < 1.29 is 10.0 Å². The number of amides is 1. The van der Waals surface area contributed by atoms with Crippen LogP contribution in [0.4, 0.5) is 0 Å². The van der Waals surface area contributed by atoms with E-state index in [2.05, 4.69) is 15.5 Å². The zero-order valence-corrected chi connectivity index (χ0v) is 10.7. The Morgan fingerprint density at radius 2 is 2.05 bits per heavy atom. The summed E-state index contributed by atoms with van der Waals surface area (Å²) >= 11 is 1.48. The largest absolute Gasteiger partial charge is 0.409 e. The predicted octanol–water partition coefficient (Wildman–Crippen LogP) is 1.17. The van der Waals surface area contributed by atoms with Crippen molar-refractivity contribution in [2.75, 3.05) is 0 Å². The summed E-state index contributed by atoms with van der Waals surface area (Å²) in [5, 5.41) is 16.1. The Morgan fingerprint density at radius 3 is 2.63 bits per heavy atom. The van der Waals surface area contributed by atoms with Crippen molar-refractivity contribution in [3.05, 3.63) is 52.0 Å². The van der Waals surface area contributed by atoms with Gasteiger partial charge in [0.2, 0.25) is 0 Å². The number of nitrogens with two attached hydrogens (primary N) is 1. The van der Waals surface area contributed by atoms with Crippen LogP contribution in [0.25, 0.3) is 0 Å². The minimum Gasteiger partial charge on any atom is -0.409 e. The fourth-order valence-corrected chi connectivity index (χ4v) is 2.01. The lowest BCUT2D eigenvalue weighted by Gasteiger charge is -2.04. The van der Waals surface area contributed by atoms with Crippen LogP contribution < -0.4 is 11.1 Å². The van der Waals surface area contributed by atoms with Crippen LogP contribution in [0.3, 0.4) is 0 Å². The van der Waals surface area contributed by atoms with Gasteiger partial charge in [0, 0.05) is 16.5 Å². The van der Waals surface area contributed by atoms with Crippen molar-refractivity contribution in [3.63, 3.8) is 0 Å². The molecule has 19 heavy (non-hydrogen) atoms. The molecule has 4 N–H and O–H groups in total. The van der Waals surface area contributed by atoms with Gasteiger partial charge in [-0.05, 0) is 12.1 Å². The molecule has 0 atom stereocenters. The van der Waals surface area contributed by atoms with E-state index in [1.165, 1.54) is 11.3 Å². The molecule has 0 aliphatic carbocycles. The van der Waals surface area contributed by atoms with E-state index in [1.807, 2.05) is 5.38 Å². The summed E-state index contributed by atoms with van der Waals surface area (Å²) in [6.45, 7) is 0.393. The van der Waals surface area contributed by atoms with Crippen LogP contribution in [0, 0.1) is 0 Å². The van der Waals surface area contributed by atoms with Gasteiger partial charge in [-0.1, -0.05) is 17.3 Å². The van der Waals surface area contributed by atoms with Gasteiger partial charge in [-0.15, -0.1) is 11.3 Å². The Bertz CT molecular complexity index is 578. The minimum atomic E-state index is -0.195. The maximum atomic E-state index is 11.8. The molecule has 2 rings (SSSR count). The molecule has 6 nitrogen and oxygen atoms in total. The normalized spacial score (nSPS) is 11.3. The van der Waals surface area contributed by atoms with Gasteiger partial charge < -0.3 is 16.3 Å². The molecule has 1 amide bonds. The number of aromatic nitrogens is 1. The minimum absolute atomic E-state index is 0.00873. The van der Waals surface area contributed by atoms with E-state index in [0.29, 0.717) is 17.7 Å². The van der Waals surface area contributed by atoms with Gasteiger partial charge in [0.1, 0.15) is 0 Å². The Kier molecular flexibility index (Phi) is 4.09. The number of carbonyl (C=O) groups excluding carboxylic acids is 1. The molecule has 7 heteroatoms. The lowest BCUT2D eigenvalue weighted by Crippen LogP contribution is -2.23. The molecule has 1 aromatic heterocycles. The zero-order chi connectivity index (χ0) is 13.7. The molecule has 1 aromatic carbocycles. The monoisotopic (exact) mass is 276 g/mol. The van der Waals surface area contributed by atoms with E-state index in [0.717, 1.165) is 5.69 Å². The Hall–Kier alpha value is -2.41. The van der Waals surface area contributed by atoms with Gasteiger partial charge in [0.05, 0.1) is 17.7 Å². The van der Waals surface area contributed by atoms with Crippen molar-refractivity contribution in [2.45, 2.75) is 6.54 Å². The maximum Gasteiger partial charge on any atom is 0.251 e. The first-order valence-electron chi connectivity index (χ1n) is 5.44. The Balaban J connectivity index is 1.99.